The van der Waals surface area contributed by atoms with Crippen molar-refractivity contribution in [3.8, 4) is 0 Å². The van der Waals surface area contributed by atoms with E-state index in [1.165, 1.54) is 14.0 Å². The lowest BCUT2D eigenvalue weighted by Gasteiger charge is -2.21. The lowest BCUT2D eigenvalue weighted by molar-refractivity contribution is -0.141. The van der Waals surface area contributed by atoms with E-state index < -0.39 is 24.1 Å². The number of likely N-dealkylation sites (N-methyl/N-ethyl adjacent to an activating group) is 1. The van der Waals surface area contributed by atoms with Gasteiger partial charge in [-0.15, -0.1) is 0 Å². The van der Waals surface area contributed by atoms with E-state index >= 15 is 0 Å². The van der Waals surface area contributed by atoms with Crippen LogP contribution in [0.5, 0.6) is 0 Å². The Morgan fingerprint density at radius 3 is 2.25 bits per heavy atom. The SMILES string of the molecule is CC(C(=O)O)N(C)C(=O)NCCNC(N)=O. The fourth-order valence-electron chi connectivity index (χ4n) is 0.821. The number of urea groups is 2. The van der Waals surface area contributed by atoms with E-state index in [0.717, 1.165) is 4.90 Å². The van der Waals surface area contributed by atoms with Crippen LogP contribution in [0.2, 0.25) is 0 Å². The summed E-state index contributed by atoms with van der Waals surface area (Å²) in [6.07, 6.45) is 0. The molecule has 0 fully saturated rings. The molecule has 0 spiro atoms. The molecule has 0 aliphatic rings. The Balaban J connectivity index is 3.88. The highest BCUT2D eigenvalue weighted by Crippen LogP contribution is 1.95. The van der Waals surface area contributed by atoms with Gasteiger partial charge in [-0.2, -0.15) is 0 Å². The maximum Gasteiger partial charge on any atom is 0.326 e. The molecule has 0 aliphatic carbocycles. The summed E-state index contributed by atoms with van der Waals surface area (Å²) in [6, 6.07) is -2.12. The fraction of sp³-hybridized carbons (Fsp3) is 0.625. The molecule has 4 amide bonds. The molecule has 8 nitrogen and oxygen atoms in total. The molecule has 0 radical (unpaired) electrons. The number of carbonyl (C=O) groups excluding carboxylic acids is 2. The third kappa shape index (κ3) is 5.03. The van der Waals surface area contributed by atoms with Crippen LogP contribution in [0.1, 0.15) is 6.92 Å². The summed E-state index contributed by atoms with van der Waals surface area (Å²) in [5.41, 5.74) is 4.81. The molecule has 0 aromatic rings. The molecule has 92 valence electrons. The summed E-state index contributed by atoms with van der Waals surface area (Å²) in [4.78, 5) is 33.2. The van der Waals surface area contributed by atoms with Gasteiger partial charge >= 0.3 is 18.0 Å². The van der Waals surface area contributed by atoms with Crippen LogP contribution in [0, 0.1) is 0 Å². The first kappa shape index (κ1) is 14.0. The topological polar surface area (TPSA) is 125 Å². The van der Waals surface area contributed by atoms with Crippen molar-refractivity contribution in [1.29, 1.82) is 0 Å². The van der Waals surface area contributed by atoms with E-state index in [1.54, 1.807) is 0 Å². The first-order valence-electron chi connectivity index (χ1n) is 4.63. The number of hydrogen-bond acceptors (Lipinski definition) is 3. The monoisotopic (exact) mass is 232 g/mol. The van der Waals surface area contributed by atoms with Crippen LogP contribution < -0.4 is 16.4 Å². The van der Waals surface area contributed by atoms with E-state index in [1.807, 2.05) is 0 Å². The Morgan fingerprint density at radius 1 is 1.31 bits per heavy atom. The van der Waals surface area contributed by atoms with Gasteiger partial charge in [0.1, 0.15) is 6.04 Å². The quantitative estimate of drug-likeness (QED) is 0.443. The largest absolute Gasteiger partial charge is 0.480 e. The van der Waals surface area contributed by atoms with Gasteiger partial charge in [0.05, 0.1) is 0 Å². The minimum absolute atomic E-state index is 0.179. The number of nitrogens with two attached hydrogens (primary N) is 1. The number of amides is 4. The molecule has 0 rings (SSSR count). The highest BCUT2D eigenvalue weighted by Gasteiger charge is 2.20. The molecule has 0 saturated carbocycles. The van der Waals surface area contributed by atoms with Gasteiger partial charge in [-0.25, -0.2) is 14.4 Å². The second-order valence-electron chi connectivity index (χ2n) is 3.15. The van der Waals surface area contributed by atoms with Gasteiger partial charge in [-0.1, -0.05) is 0 Å². The highest BCUT2D eigenvalue weighted by atomic mass is 16.4. The van der Waals surface area contributed by atoms with Gasteiger partial charge in [0.2, 0.25) is 0 Å². The van der Waals surface area contributed by atoms with Crippen molar-refractivity contribution in [1.82, 2.24) is 15.5 Å². The van der Waals surface area contributed by atoms with Gasteiger partial charge in [-0.3, -0.25) is 0 Å². The van der Waals surface area contributed by atoms with Crippen LogP contribution in [0.3, 0.4) is 0 Å². The van der Waals surface area contributed by atoms with E-state index in [4.69, 9.17) is 10.8 Å². The van der Waals surface area contributed by atoms with E-state index in [-0.39, 0.29) is 13.1 Å². The fourth-order valence-corrected chi connectivity index (χ4v) is 0.821. The van der Waals surface area contributed by atoms with E-state index in [9.17, 15) is 14.4 Å². The smallest absolute Gasteiger partial charge is 0.326 e. The Bertz CT molecular complexity index is 281. The number of carboxylic acids is 1. The van der Waals surface area contributed by atoms with Crippen LogP contribution in [0.15, 0.2) is 0 Å². The van der Waals surface area contributed by atoms with Crippen LogP contribution in [0.25, 0.3) is 0 Å². The third-order valence-electron chi connectivity index (χ3n) is 1.96. The molecule has 16 heavy (non-hydrogen) atoms. The highest BCUT2D eigenvalue weighted by molar-refractivity contribution is 5.82. The number of carboxylic acid groups (broad SMARTS) is 1. The van der Waals surface area contributed by atoms with Crippen LogP contribution in [-0.4, -0.2) is 54.2 Å². The number of carbonyl (C=O) groups is 3. The summed E-state index contributed by atoms with van der Waals surface area (Å²) in [6.45, 7) is 1.76. The Kier molecular flexibility index (Phi) is 5.68. The molecule has 0 bridgehead atoms. The van der Waals surface area contributed by atoms with Crippen molar-refractivity contribution in [3.63, 3.8) is 0 Å². The second kappa shape index (κ2) is 6.49. The predicted octanol–water partition coefficient (Wildman–Crippen LogP) is -1.23. The van der Waals surface area contributed by atoms with Gasteiger partial charge in [0, 0.05) is 20.1 Å². The summed E-state index contributed by atoms with van der Waals surface area (Å²) >= 11 is 0. The zero-order valence-electron chi connectivity index (χ0n) is 9.19. The molecular weight excluding hydrogens is 216 g/mol. The van der Waals surface area contributed by atoms with E-state index in [0.29, 0.717) is 0 Å². The average Bonchev–Trinajstić information content (AvgIpc) is 2.21. The second-order valence-corrected chi connectivity index (χ2v) is 3.15. The van der Waals surface area contributed by atoms with Gasteiger partial charge in [0.25, 0.3) is 0 Å². The number of primary amides is 1. The maximum atomic E-state index is 11.3. The Hall–Kier alpha value is -1.99. The van der Waals surface area contributed by atoms with Crippen molar-refractivity contribution in [2.45, 2.75) is 13.0 Å². The molecule has 8 heteroatoms. The first-order chi connectivity index (χ1) is 7.36. The van der Waals surface area contributed by atoms with Crippen molar-refractivity contribution < 1.29 is 19.5 Å². The summed E-state index contributed by atoms with van der Waals surface area (Å²) in [7, 11) is 1.37. The molecule has 0 heterocycles. The van der Waals surface area contributed by atoms with Gasteiger partial charge in [-0.05, 0) is 6.92 Å². The number of nitrogens with one attached hydrogen (secondary N) is 2. The molecule has 0 saturated heterocycles. The zero-order chi connectivity index (χ0) is 12.7. The minimum Gasteiger partial charge on any atom is -0.480 e. The number of nitrogens with zero attached hydrogens (tertiary/aromatic N) is 1. The van der Waals surface area contributed by atoms with Crippen molar-refractivity contribution in [2.75, 3.05) is 20.1 Å². The minimum atomic E-state index is -1.09. The average molecular weight is 232 g/mol. The zero-order valence-corrected chi connectivity index (χ0v) is 9.19. The van der Waals surface area contributed by atoms with Gasteiger partial charge < -0.3 is 26.4 Å². The molecule has 0 aliphatic heterocycles. The molecule has 1 unspecified atom stereocenters. The Morgan fingerprint density at radius 2 is 1.81 bits per heavy atom. The first-order valence-corrected chi connectivity index (χ1v) is 4.63. The summed E-state index contributed by atoms with van der Waals surface area (Å²) < 4.78 is 0. The van der Waals surface area contributed by atoms with Crippen LogP contribution in [0.4, 0.5) is 9.59 Å². The number of rotatable bonds is 5. The van der Waals surface area contributed by atoms with Crippen LogP contribution >= 0.6 is 0 Å². The van der Waals surface area contributed by atoms with Crippen molar-refractivity contribution >= 4 is 18.0 Å². The lowest BCUT2D eigenvalue weighted by atomic mass is 10.3. The predicted molar refractivity (Wildman–Crippen MR) is 55.8 cm³/mol. The molecule has 0 aromatic carbocycles. The maximum absolute atomic E-state index is 11.3. The lowest BCUT2D eigenvalue weighted by Crippen LogP contribution is -2.47. The summed E-state index contributed by atoms with van der Waals surface area (Å²) in [5, 5.41) is 13.4. The summed E-state index contributed by atoms with van der Waals surface area (Å²) in [5.74, 6) is -1.09. The van der Waals surface area contributed by atoms with Gasteiger partial charge in [0.15, 0.2) is 0 Å². The normalized spacial score (nSPS) is 11.4. The standard InChI is InChI=1S/C8H16N4O4/c1-5(6(13)14)12(2)8(16)11-4-3-10-7(9)15/h5H,3-4H2,1-2H3,(H,11,16)(H,13,14)(H3,9,10,15). The number of aliphatic carboxylic acids is 1. The number of hydrogen-bond donors (Lipinski definition) is 4. The molecular formula is C8H16N4O4. The molecule has 5 N–H and O–H groups in total. The Labute approximate surface area is 92.8 Å². The van der Waals surface area contributed by atoms with Crippen LogP contribution in [-0.2, 0) is 4.79 Å². The van der Waals surface area contributed by atoms with Crippen molar-refractivity contribution in [3.05, 3.63) is 0 Å². The van der Waals surface area contributed by atoms with Crippen molar-refractivity contribution in [2.24, 2.45) is 5.73 Å². The molecule has 1 atom stereocenters. The third-order valence-corrected chi connectivity index (χ3v) is 1.96. The van der Waals surface area contributed by atoms with E-state index in [2.05, 4.69) is 10.6 Å². The molecule has 0 aromatic heterocycles.